The summed E-state index contributed by atoms with van der Waals surface area (Å²) in [5.74, 6) is 0.954. The predicted molar refractivity (Wildman–Crippen MR) is 91.9 cm³/mol. The van der Waals surface area contributed by atoms with Crippen LogP contribution in [0.25, 0.3) is 0 Å². The Labute approximate surface area is 138 Å². The zero-order chi connectivity index (χ0) is 14.6. The van der Waals surface area contributed by atoms with Crippen molar-refractivity contribution in [2.45, 2.75) is 25.3 Å². The maximum Gasteiger partial charge on any atom is 0.0655 e. The monoisotopic (exact) mass is 335 g/mol. The number of nitrogens with one attached hydrogen (secondary N) is 1. The Balaban J connectivity index is 1.84. The molecule has 1 aromatic carbocycles. The highest BCUT2D eigenvalue weighted by Crippen LogP contribution is 2.52. The van der Waals surface area contributed by atoms with Gasteiger partial charge in [0.15, 0.2) is 0 Å². The van der Waals surface area contributed by atoms with Crippen molar-refractivity contribution in [3.8, 4) is 0 Å². The maximum absolute atomic E-state index is 6.43. The second-order valence-corrected chi connectivity index (χ2v) is 7.94. The highest BCUT2D eigenvalue weighted by molar-refractivity contribution is 7.12. The number of anilines is 1. The van der Waals surface area contributed by atoms with Crippen LogP contribution in [0.3, 0.4) is 0 Å². The van der Waals surface area contributed by atoms with Gasteiger partial charge < -0.3 is 5.32 Å². The number of hydrogen-bond acceptors (Lipinski definition) is 2. The van der Waals surface area contributed by atoms with E-state index in [1.807, 2.05) is 17.4 Å². The van der Waals surface area contributed by atoms with Crippen LogP contribution in [0.5, 0.6) is 0 Å². The first-order valence-electron chi connectivity index (χ1n) is 7.12. The molecule has 0 fully saturated rings. The summed E-state index contributed by atoms with van der Waals surface area (Å²) in [4.78, 5) is 2.74. The molecule has 2 heterocycles. The highest BCUT2D eigenvalue weighted by atomic mass is 35.5. The van der Waals surface area contributed by atoms with Gasteiger partial charge in [-0.3, -0.25) is 0 Å². The van der Waals surface area contributed by atoms with Crippen molar-refractivity contribution in [1.29, 1.82) is 0 Å². The van der Waals surface area contributed by atoms with Crippen molar-refractivity contribution in [1.82, 2.24) is 0 Å². The van der Waals surface area contributed by atoms with Crippen LogP contribution in [0.1, 0.15) is 33.7 Å². The van der Waals surface area contributed by atoms with Gasteiger partial charge in [-0.15, -0.1) is 11.3 Å². The molecule has 0 saturated carbocycles. The third-order valence-electron chi connectivity index (χ3n) is 4.45. The SMILES string of the molecule is Cc1ccc(C2Nc3c(Cl)cc(Cl)cc3C3C=CCC32)s1. The Kier molecular flexibility index (Phi) is 3.29. The molecule has 4 heteroatoms. The third-order valence-corrected chi connectivity index (χ3v) is 6.05. The predicted octanol–water partition coefficient (Wildman–Crippen LogP) is 6.19. The van der Waals surface area contributed by atoms with E-state index in [4.69, 9.17) is 23.2 Å². The van der Waals surface area contributed by atoms with Crippen LogP contribution in [0.2, 0.25) is 10.0 Å². The number of halogens is 2. The third kappa shape index (κ3) is 2.21. The van der Waals surface area contributed by atoms with E-state index in [-0.39, 0.29) is 0 Å². The molecule has 0 amide bonds. The summed E-state index contributed by atoms with van der Waals surface area (Å²) in [6.07, 6.45) is 5.70. The topological polar surface area (TPSA) is 12.0 Å². The maximum atomic E-state index is 6.43. The summed E-state index contributed by atoms with van der Waals surface area (Å²) in [6, 6.07) is 8.64. The van der Waals surface area contributed by atoms with Crippen LogP contribution < -0.4 is 5.32 Å². The number of benzene rings is 1. The number of hydrogen-bond donors (Lipinski definition) is 1. The van der Waals surface area contributed by atoms with Crippen molar-refractivity contribution in [2.75, 3.05) is 5.32 Å². The van der Waals surface area contributed by atoms with Crippen molar-refractivity contribution in [3.05, 3.63) is 61.8 Å². The van der Waals surface area contributed by atoms with Crippen molar-refractivity contribution in [3.63, 3.8) is 0 Å². The first kappa shape index (κ1) is 13.7. The van der Waals surface area contributed by atoms with Gasteiger partial charge in [0.05, 0.1) is 16.8 Å². The fourth-order valence-corrected chi connectivity index (χ4v) is 5.09. The summed E-state index contributed by atoms with van der Waals surface area (Å²) < 4.78 is 0. The fourth-order valence-electron chi connectivity index (χ4n) is 3.52. The molecule has 3 atom stereocenters. The second kappa shape index (κ2) is 5.05. The molecule has 1 nitrogen and oxygen atoms in total. The molecule has 1 N–H and O–H groups in total. The smallest absolute Gasteiger partial charge is 0.0655 e. The molecule has 0 radical (unpaired) electrons. The van der Waals surface area contributed by atoms with Gasteiger partial charge in [-0.1, -0.05) is 35.4 Å². The lowest BCUT2D eigenvalue weighted by molar-refractivity contribution is 0.430. The summed E-state index contributed by atoms with van der Waals surface area (Å²) >= 11 is 14.5. The number of aryl methyl sites for hydroxylation is 1. The molecular formula is C17H15Cl2NS. The number of allylic oxidation sites excluding steroid dienone is 2. The van der Waals surface area contributed by atoms with Crippen LogP contribution in [0.15, 0.2) is 36.4 Å². The van der Waals surface area contributed by atoms with Crippen LogP contribution in [0.4, 0.5) is 5.69 Å². The van der Waals surface area contributed by atoms with E-state index in [1.54, 1.807) is 0 Å². The van der Waals surface area contributed by atoms with Crippen LogP contribution in [0, 0.1) is 12.8 Å². The van der Waals surface area contributed by atoms with Gasteiger partial charge in [-0.25, -0.2) is 0 Å². The molecule has 0 spiro atoms. The number of thiophene rings is 1. The number of rotatable bonds is 1. The molecule has 1 aromatic heterocycles. The normalized spacial score (nSPS) is 26.3. The van der Waals surface area contributed by atoms with E-state index in [0.717, 1.165) is 17.1 Å². The van der Waals surface area contributed by atoms with E-state index >= 15 is 0 Å². The van der Waals surface area contributed by atoms with Crippen LogP contribution in [-0.4, -0.2) is 0 Å². The van der Waals surface area contributed by atoms with Gasteiger partial charge >= 0.3 is 0 Å². The van der Waals surface area contributed by atoms with Gasteiger partial charge in [0.25, 0.3) is 0 Å². The summed E-state index contributed by atoms with van der Waals surface area (Å²) in [7, 11) is 0. The van der Waals surface area contributed by atoms with E-state index in [9.17, 15) is 0 Å². The molecule has 21 heavy (non-hydrogen) atoms. The van der Waals surface area contributed by atoms with E-state index in [1.165, 1.54) is 15.3 Å². The zero-order valence-electron chi connectivity index (χ0n) is 11.6. The summed E-state index contributed by atoms with van der Waals surface area (Å²) in [5, 5.41) is 5.10. The Morgan fingerprint density at radius 2 is 2.10 bits per heavy atom. The van der Waals surface area contributed by atoms with E-state index in [2.05, 4.69) is 42.6 Å². The average molecular weight is 336 g/mol. The van der Waals surface area contributed by atoms with E-state index in [0.29, 0.717) is 22.9 Å². The standard InChI is InChI=1S/C17H15Cl2NS/c1-9-5-6-15(21-9)17-12-4-2-3-11(12)13-7-10(18)8-14(19)16(13)20-17/h2-3,5-8,11-12,17,20H,4H2,1H3. The first-order chi connectivity index (χ1) is 10.1. The molecule has 1 aliphatic heterocycles. The molecule has 108 valence electrons. The Hall–Kier alpha value is -0.960. The van der Waals surface area contributed by atoms with Crippen LogP contribution >= 0.6 is 34.5 Å². The minimum Gasteiger partial charge on any atom is -0.376 e. The van der Waals surface area contributed by atoms with Crippen molar-refractivity contribution >= 4 is 40.2 Å². The minimum atomic E-state index is 0.329. The molecule has 2 aromatic rings. The molecule has 2 aliphatic rings. The van der Waals surface area contributed by atoms with Gasteiger partial charge in [-0.05, 0) is 49.1 Å². The Morgan fingerprint density at radius 1 is 1.24 bits per heavy atom. The highest BCUT2D eigenvalue weighted by Gasteiger charge is 2.39. The van der Waals surface area contributed by atoms with Crippen LogP contribution in [-0.2, 0) is 0 Å². The summed E-state index contributed by atoms with van der Waals surface area (Å²) in [5.41, 5.74) is 2.28. The lowest BCUT2D eigenvalue weighted by Crippen LogP contribution is -2.28. The fraction of sp³-hybridized carbons (Fsp3) is 0.294. The molecular weight excluding hydrogens is 321 g/mol. The Bertz CT molecular complexity index is 734. The largest absolute Gasteiger partial charge is 0.376 e. The molecule has 0 bridgehead atoms. The Morgan fingerprint density at radius 3 is 2.86 bits per heavy atom. The second-order valence-electron chi connectivity index (χ2n) is 5.78. The van der Waals surface area contributed by atoms with E-state index < -0.39 is 0 Å². The number of fused-ring (bicyclic) bond motifs is 3. The van der Waals surface area contributed by atoms with Gasteiger partial charge in [0.1, 0.15) is 0 Å². The van der Waals surface area contributed by atoms with Gasteiger partial charge in [0, 0.05) is 20.7 Å². The zero-order valence-corrected chi connectivity index (χ0v) is 13.9. The lowest BCUT2D eigenvalue weighted by atomic mass is 9.79. The first-order valence-corrected chi connectivity index (χ1v) is 8.69. The molecule has 0 saturated heterocycles. The van der Waals surface area contributed by atoms with Gasteiger partial charge in [-0.2, -0.15) is 0 Å². The molecule has 3 unspecified atom stereocenters. The summed E-state index contributed by atoms with van der Waals surface area (Å²) in [6.45, 7) is 2.15. The minimum absolute atomic E-state index is 0.329. The molecule has 1 aliphatic carbocycles. The van der Waals surface area contributed by atoms with Gasteiger partial charge in [0.2, 0.25) is 0 Å². The lowest BCUT2D eigenvalue weighted by Gasteiger charge is -2.37. The van der Waals surface area contributed by atoms with Crippen molar-refractivity contribution < 1.29 is 0 Å². The quantitative estimate of drug-likeness (QED) is 0.612. The average Bonchev–Trinajstić information content (AvgIpc) is 3.07. The molecule has 4 rings (SSSR count). The van der Waals surface area contributed by atoms with Crippen molar-refractivity contribution in [2.24, 2.45) is 5.92 Å².